The Hall–Kier alpha value is -2.23. The van der Waals surface area contributed by atoms with Crippen LogP contribution in [0.1, 0.15) is 5.69 Å². The van der Waals surface area contributed by atoms with Crippen LogP contribution >= 0.6 is 0 Å². The second-order valence-electron chi connectivity index (χ2n) is 3.34. The Balaban J connectivity index is 2.02. The predicted octanol–water partition coefficient (Wildman–Crippen LogP) is 1.95. The molecule has 3 N–H and O–H groups in total. The average Bonchev–Trinajstić information content (AvgIpc) is 2.27. The van der Waals surface area contributed by atoms with Crippen LogP contribution in [0.25, 0.3) is 0 Å². The Kier molecular flexibility index (Phi) is 2.91. The maximum atomic E-state index is 9.24. The molecule has 0 spiro atoms. The van der Waals surface area contributed by atoms with Gasteiger partial charge in [-0.2, -0.15) is 0 Å². The third kappa shape index (κ3) is 2.63. The molecule has 0 saturated carbocycles. The summed E-state index contributed by atoms with van der Waals surface area (Å²) in [6.07, 6.45) is 0. The van der Waals surface area contributed by atoms with E-state index in [-0.39, 0.29) is 5.75 Å². The molecule has 2 aromatic rings. The Morgan fingerprint density at radius 2 is 2.00 bits per heavy atom. The van der Waals surface area contributed by atoms with Gasteiger partial charge in [-0.3, -0.25) is 0 Å². The summed E-state index contributed by atoms with van der Waals surface area (Å²) in [5.41, 5.74) is 6.30. The molecule has 0 atom stereocenters. The van der Waals surface area contributed by atoms with Gasteiger partial charge in [-0.25, -0.2) is 4.98 Å². The lowest BCUT2D eigenvalue weighted by Crippen LogP contribution is -2.00. The van der Waals surface area contributed by atoms with Crippen LogP contribution in [0.5, 0.6) is 11.5 Å². The molecule has 4 nitrogen and oxygen atoms in total. The van der Waals surface area contributed by atoms with Gasteiger partial charge in [0.2, 0.25) is 0 Å². The molecular weight excluding hydrogens is 204 g/mol. The fraction of sp³-hybridized carbons (Fsp3) is 0.0833. The van der Waals surface area contributed by atoms with Crippen LogP contribution in [0.15, 0.2) is 42.5 Å². The molecule has 0 radical (unpaired) electrons. The minimum Gasteiger partial charge on any atom is -0.508 e. The number of aromatic nitrogens is 1. The number of hydrogen-bond acceptors (Lipinski definition) is 4. The van der Waals surface area contributed by atoms with E-state index >= 15 is 0 Å². The number of aromatic hydroxyl groups is 1. The van der Waals surface area contributed by atoms with Crippen molar-refractivity contribution < 1.29 is 9.84 Å². The number of benzene rings is 1. The van der Waals surface area contributed by atoms with Gasteiger partial charge in [-0.05, 0) is 24.3 Å². The number of pyridine rings is 1. The van der Waals surface area contributed by atoms with Gasteiger partial charge in [0.05, 0.1) is 5.69 Å². The molecule has 0 amide bonds. The van der Waals surface area contributed by atoms with E-state index in [0.717, 1.165) is 5.69 Å². The minimum atomic E-state index is 0.179. The molecule has 0 aliphatic heterocycles. The number of phenolic OH excluding ortho intramolecular Hbond substituents is 1. The highest BCUT2D eigenvalue weighted by Crippen LogP contribution is 2.18. The SMILES string of the molecule is Nc1cccc(COc2cccc(O)c2)n1. The van der Waals surface area contributed by atoms with Gasteiger partial charge in [0, 0.05) is 6.07 Å². The van der Waals surface area contributed by atoms with Crippen LogP contribution in [-0.4, -0.2) is 10.1 Å². The van der Waals surface area contributed by atoms with Crippen molar-refractivity contribution in [2.75, 3.05) is 5.73 Å². The molecule has 1 aromatic carbocycles. The molecule has 16 heavy (non-hydrogen) atoms. The quantitative estimate of drug-likeness (QED) is 0.822. The van der Waals surface area contributed by atoms with Crippen LogP contribution in [0.3, 0.4) is 0 Å². The summed E-state index contributed by atoms with van der Waals surface area (Å²) >= 11 is 0. The first-order valence-electron chi connectivity index (χ1n) is 4.87. The second-order valence-corrected chi connectivity index (χ2v) is 3.34. The topological polar surface area (TPSA) is 68.4 Å². The summed E-state index contributed by atoms with van der Waals surface area (Å²) in [7, 11) is 0. The monoisotopic (exact) mass is 216 g/mol. The van der Waals surface area contributed by atoms with E-state index in [9.17, 15) is 5.11 Å². The lowest BCUT2D eigenvalue weighted by Gasteiger charge is -2.06. The number of hydrogen-bond donors (Lipinski definition) is 2. The third-order valence-corrected chi connectivity index (χ3v) is 2.03. The Morgan fingerprint density at radius 3 is 2.75 bits per heavy atom. The van der Waals surface area contributed by atoms with E-state index in [1.54, 1.807) is 30.3 Å². The van der Waals surface area contributed by atoms with Gasteiger partial charge in [-0.1, -0.05) is 12.1 Å². The molecule has 82 valence electrons. The van der Waals surface area contributed by atoms with Crippen LogP contribution < -0.4 is 10.5 Å². The highest BCUT2D eigenvalue weighted by Gasteiger charge is 1.98. The maximum absolute atomic E-state index is 9.24. The maximum Gasteiger partial charge on any atom is 0.130 e. The highest BCUT2D eigenvalue weighted by atomic mass is 16.5. The van der Waals surface area contributed by atoms with E-state index < -0.39 is 0 Å². The molecule has 1 aromatic heterocycles. The molecule has 1 heterocycles. The van der Waals surface area contributed by atoms with Gasteiger partial charge < -0.3 is 15.6 Å². The van der Waals surface area contributed by atoms with Crippen molar-refractivity contribution in [2.24, 2.45) is 0 Å². The summed E-state index contributed by atoms with van der Waals surface area (Å²) in [4.78, 5) is 4.10. The first kappa shape index (κ1) is 10.3. The molecular formula is C12H12N2O2. The number of anilines is 1. The van der Waals surface area contributed by atoms with E-state index in [1.807, 2.05) is 12.1 Å². The minimum absolute atomic E-state index is 0.179. The number of nitrogens with zero attached hydrogens (tertiary/aromatic N) is 1. The molecule has 2 rings (SSSR count). The number of nitrogen functional groups attached to an aromatic ring is 1. The summed E-state index contributed by atoms with van der Waals surface area (Å²) in [6, 6.07) is 12.0. The number of nitrogens with two attached hydrogens (primary N) is 1. The Labute approximate surface area is 93.3 Å². The molecule has 0 bridgehead atoms. The zero-order valence-corrected chi connectivity index (χ0v) is 8.63. The third-order valence-electron chi connectivity index (χ3n) is 2.03. The van der Waals surface area contributed by atoms with Crippen LogP contribution in [0, 0.1) is 0 Å². The standard InChI is InChI=1S/C12H12N2O2/c13-12-6-1-3-9(14-12)8-16-11-5-2-4-10(15)7-11/h1-7,15H,8H2,(H2,13,14). The van der Waals surface area contributed by atoms with Crippen molar-refractivity contribution in [1.29, 1.82) is 0 Å². The summed E-state index contributed by atoms with van der Waals surface area (Å²) in [5.74, 6) is 1.25. The molecule has 0 aliphatic carbocycles. The van der Waals surface area contributed by atoms with Crippen LogP contribution in [-0.2, 0) is 6.61 Å². The van der Waals surface area contributed by atoms with Gasteiger partial charge in [0.1, 0.15) is 23.9 Å². The van der Waals surface area contributed by atoms with Crippen molar-refractivity contribution in [1.82, 2.24) is 4.98 Å². The van der Waals surface area contributed by atoms with Crippen molar-refractivity contribution in [3.8, 4) is 11.5 Å². The highest BCUT2D eigenvalue weighted by molar-refractivity contribution is 5.32. The van der Waals surface area contributed by atoms with Crippen molar-refractivity contribution in [3.05, 3.63) is 48.2 Å². The van der Waals surface area contributed by atoms with E-state index in [4.69, 9.17) is 10.5 Å². The van der Waals surface area contributed by atoms with Gasteiger partial charge in [0.15, 0.2) is 0 Å². The average molecular weight is 216 g/mol. The summed E-state index contributed by atoms with van der Waals surface area (Å²) < 4.78 is 5.45. The lowest BCUT2D eigenvalue weighted by atomic mass is 10.3. The number of rotatable bonds is 3. The predicted molar refractivity (Wildman–Crippen MR) is 61.1 cm³/mol. The molecule has 0 unspecified atom stereocenters. The molecule has 0 aliphatic rings. The molecule has 4 heteroatoms. The number of phenols is 1. The normalized spacial score (nSPS) is 10.0. The van der Waals surface area contributed by atoms with Gasteiger partial charge in [-0.15, -0.1) is 0 Å². The zero-order chi connectivity index (χ0) is 11.4. The van der Waals surface area contributed by atoms with Gasteiger partial charge >= 0.3 is 0 Å². The first-order chi connectivity index (χ1) is 7.74. The summed E-state index contributed by atoms with van der Waals surface area (Å²) in [6.45, 7) is 0.328. The van der Waals surface area contributed by atoms with Gasteiger partial charge in [0.25, 0.3) is 0 Å². The fourth-order valence-electron chi connectivity index (χ4n) is 1.31. The van der Waals surface area contributed by atoms with Crippen molar-refractivity contribution in [3.63, 3.8) is 0 Å². The van der Waals surface area contributed by atoms with E-state index in [1.165, 1.54) is 0 Å². The second kappa shape index (κ2) is 4.53. The Morgan fingerprint density at radius 1 is 1.19 bits per heavy atom. The first-order valence-corrected chi connectivity index (χ1v) is 4.87. The lowest BCUT2D eigenvalue weighted by molar-refractivity contribution is 0.300. The molecule has 0 saturated heterocycles. The largest absolute Gasteiger partial charge is 0.508 e. The van der Waals surface area contributed by atoms with E-state index in [2.05, 4.69) is 4.98 Å². The molecule has 0 fully saturated rings. The van der Waals surface area contributed by atoms with Crippen LogP contribution in [0.2, 0.25) is 0 Å². The fourth-order valence-corrected chi connectivity index (χ4v) is 1.31. The van der Waals surface area contributed by atoms with Crippen molar-refractivity contribution in [2.45, 2.75) is 6.61 Å². The van der Waals surface area contributed by atoms with E-state index in [0.29, 0.717) is 18.2 Å². The van der Waals surface area contributed by atoms with Crippen molar-refractivity contribution >= 4 is 5.82 Å². The Bertz CT molecular complexity index is 440. The number of ether oxygens (including phenoxy) is 1. The summed E-state index contributed by atoms with van der Waals surface area (Å²) in [5, 5.41) is 9.24. The smallest absolute Gasteiger partial charge is 0.130 e. The zero-order valence-electron chi connectivity index (χ0n) is 8.63. The van der Waals surface area contributed by atoms with Crippen LogP contribution in [0.4, 0.5) is 5.82 Å².